The molecule has 6 nitrogen and oxygen atoms in total. The fourth-order valence-electron chi connectivity index (χ4n) is 2.54. The van der Waals surface area contributed by atoms with Crippen LogP contribution in [0.3, 0.4) is 0 Å². The number of rotatable bonds is 4. The summed E-state index contributed by atoms with van der Waals surface area (Å²) in [5.74, 6) is -0.482. The summed E-state index contributed by atoms with van der Waals surface area (Å²) in [6.45, 7) is 0. The van der Waals surface area contributed by atoms with Gasteiger partial charge in [-0.1, -0.05) is 30.3 Å². The molecule has 0 radical (unpaired) electrons. The first-order valence-electron chi connectivity index (χ1n) is 6.75. The van der Waals surface area contributed by atoms with Crippen LogP contribution in [0, 0.1) is 0 Å². The normalized spacial score (nSPS) is 15.2. The number of ether oxygens (including phenoxy) is 1. The number of anilines is 1. The number of carbonyl (C=O) groups excluding carboxylic acids is 1. The summed E-state index contributed by atoms with van der Waals surface area (Å²) < 4.78 is 30.3. The molecular formula is C16H14N2O4S. The first kappa shape index (κ1) is 15.1. The molecule has 0 aliphatic carbocycles. The Morgan fingerprint density at radius 3 is 2.43 bits per heavy atom. The highest BCUT2D eigenvalue weighted by Crippen LogP contribution is 2.40. The number of nitrogens with two attached hydrogens (primary N) is 1. The molecule has 2 aromatic rings. The molecule has 1 amide bonds. The summed E-state index contributed by atoms with van der Waals surface area (Å²) in [5.41, 5.74) is 6.43. The lowest BCUT2D eigenvalue weighted by Gasteiger charge is -2.13. The minimum atomic E-state index is -3.93. The van der Waals surface area contributed by atoms with Gasteiger partial charge in [0.1, 0.15) is 5.75 Å². The molecule has 0 bridgehead atoms. The molecule has 0 spiro atoms. The van der Waals surface area contributed by atoms with E-state index in [2.05, 4.69) is 5.32 Å². The minimum Gasteiger partial charge on any atom is -0.495 e. The van der Waals surface area contributed by atoms with Gasteiger partial charge in [-0.25, -0.2) is 8.42 Å². The van der Waals surface area contributed by atoms with Crippen molar-refractivity contribution >= 4 is 27.1 Å². The van der Waals surface area contributed by atoms with E-state index in [1.807, 2.05) is 0 Å². The number of fused-ring (bicyclic) bond motifs is 1. The van der Waals surface area contributed by atoms with Crippen molar-refractivity contribution in [3.63, 3.8) is 0 Å². The second kappa shape index (κ2) is 5.44. The van der Waals surface area contributed by atoms with E-state index >= 15 is 0 Å². The monoisotopic (exact) mass is 330 g/mol. The van der Waals surface area contributed by atoms with Gasteiger partial charge in [0.2, 0.25) is 9.84 Å². The molecule has 0 atom stereocenters. The number of hydrogen-bond donors (Lipinski definition) is 2. The average Bonchev–Trinajstić information content (AvgIpc) is 2.76. The van der Waals surface area contributed by atoms with Gasteiger partial charge in [-0.05, 0) is 18.2 Å². The molecule has 1 aliphatic rings. The number of nitrogens with one attached hydrogen (secondary N) is 1. The standard InChI is InChI=1S/C16H14N2O4S/c1-22-12-8-4-3-7-11(12)18-14-10-6-2-5-9-13(10)23(20,21)15(14)16(17)19/h2-9,18H,1H3,(H2,17,19). The Hall–Kier alpha value is -2.80. The molecule has 0 fully saturated rings. The Kier molecular flexibility index (Phi) is 3.57. The van der Waals surface area contributed by atoms with E-state index in [1.165, 1.54) is 13.2 Å². The summed E-state index contributed by atoms with van der Waals surface area (Å²) in [5, 5.41) is 2.98. The van der Waals surface area contributed by atoms with Gasteiger partial charge in [-0.3, -0.25) is 4.79 Å². The first-order valence-corrected chi connectivity index (χ1v) is 8.23. The largest absolute Gasteiger partial charge is 0.495 e. The van der Waals surface area contributed by atoms with Crippen LogP contribution >= 0.6 is 0 Å². The number of benzene rings is 2. The van der Waals surface area contributed by atoms with E-state index in [1.54, 1.807) is 42.5 Å². The first-order chi connectivity index (χ1) is 11.0. The van der Waals surface area contributed by atoms with Gasteiger partial charge in [0.05, 0.1) is 23.4 Å². The Bertz CT molecular complexity index is 933. The lowest BCUT2D eigenvalue weighted by atomic mass is 10.1. The molecule has 23 heavy (non-hydrogen) atoms. The highest BCUT2D eigenvalue weighted by atomic mass is 32.2. The summed E-state index contributed by atoms with van der Waals surface area (Å²) >= 11 is 0. The molecular weight excluding hydrogens is 316 g/mol. The van der Waals surface area contributed by atoms with Gasteiger partial charge in [0.15, 0.2) is 4.91 Å². The Morgan fingerprint density at radius 1 is 1.09 bits per heavy atom. The Balaban J connectivity index is 2.22. The van der Waals surface area contributed by atoms with Crippen LogP contribution < -0.4 is 15.8 Å². The fraction of sp³-hybridized carbons (Fsp3) is 0.0625. The molecule has 2 aromatic carbocycles. The van der Waals surface area contributed by atoms with Crippen molar-refractivity contribution < 1.29 is 17.9 Å². The smallest absolute Gasteiger partial charge is 0.262 e. The number of carbonyl (C=O) groups is 1. The van der Waals surface area contributed by atoms with Crippen molar-refractivity contribution in [2.24, 2.45) is 5.73 Å². The Labute approximate surface area is 133 Å². The lowest BCUT2D eigenvalue weighted by molar-refractivity contribution is -0.113. The Morgan fingerprint density at radius 2 is 1.74 bits per heavy atom. The summed E-state index contributed by atoms with van der Waals surface area (Å²) in [4.78, 5) is 11.4. The van der Waals surface area contributed by atoms with E-state index in [4.69, 9.17) is 10.5 Å². The van der Waals surface area contributed by atoms with Crippen LogP contribution in [0.2, 0.25) is 0 Å². The van der Waals surface area contributed by atoms with Crippen molar-refractivity contribution in [3.05, 3.63) is 59.0 Å². The molecule has 0 unspecified atom stereocenters. The molecule has 0 saturated heterocycles. The molecule has 1 heterocycles. The predicted octanol–water partition coefficient (Wildman–Crippen LogP) is 1.75. The summed E-state index contributed by atoms with van der Waals surface area (Å²) in [7, 11) is -2.43. The molecule has 0 aromatic heterocycles. The summed E-state index contributed by atoms with van der Waals surface area (Å²) in [6.07, 6.45) is 0. The van der Waals surface area contributed by atoms with E-state index < -0.39 is 20.6 Å². The van der Waals surface area contributed by atoms with E-state index in [0.29, 0.717) is 17.0 Å². The topological polar surface area (TPSA) is 98.5 Å². The highest BCUT2D eigenvalue weighted by Gasteiger charge is 2.39. The molecule has 3 N–H and O–H groups in total. The van der Waals surface area contributed by atoms with Gasteiger partial charge in [-0.2, -0.15) is 0 Å². The molecule has 118 valence electrons. The maximum atomic E-state index is 12.6. The van der Waals surface area contributed by atoms with Crippen molar-refractivity contribution in [2.75, 3.05) is 12.4 Å². The van der Waals surface area contributed by atoms with Crippen molar-refractivity contribution in [1.82, 2.24) is 0 Å². The minimum absolute atomic E-state index is 0.0613. The quantitative estimate of drug-likeness (QED) is 0.890. The second-order valence-electron chi connectivity index (χ2n) is 4.89. The van der Waals surface area contributed by atoms with Gasteiger partial charge in [0, 0.05) is 5.56 Å². The average molecular weight is 330 g/mol. The number of primary amides is 1. The van der Waals surface area contributed by atoms with Gasteiger partial charge >= 0.3 is 0 Å². The van der Waals surface area contributed by atoms with Crippen LogP contribution in [0.15, 0.2) is 58.3 Å². The van der Waals surface area contributed by atoms with E-state index in [-0.39, 0.29) is 10.6 Å². The van der Waals surface area contributed by atoms with E-state index in [9.17, 15) is 13.2 Å². The van der Waals surface area contributed by atoms with Crippen LogP contribution in [-0.4, -0.2) is 21.4 Å². The molecule has 3 rings (SSSR count). The van der Waals surface area contributed by atoms with Crippen molar-refractivity contribution in [1.29, 1.82) is 0 Å². The summed E-state index contributed by atoms with van der Waals surface area (Å²) in [6, 6.07) is 13.4. The lowest BCUT2D eigenvalue weighted by Crippen LogP contribution is -2.20. The fourth-order valence-corrected chi connectivity index (χ4v) is 4.17. The zero-order chi connectivity index (χ0) is 16.6. The van der Waals surface area contributed by atoms with Crippen molar-refractivity contribution in [2.45, 2.75) is 4.90 Å². The van der Waals surface area contributed by atoms with Gasteiger partial charge < -0.3 is 15.8 Å². The maximum absolute atomic E-state index is 12.6. The number of hydrogen-bond acceptors (Lipinski definition) is 5. The highest BCUT2D eigenvalue weighted by molar-refractivity contribution is 7.97. The maximum Gasteiger partial charge on any atom is 0.262 e. The zero-order valence-corrected chi connectivity index (χ0v) is 13.1. The zero-order valence-electron chi connectivity index (χ0n) is 12.2. The third kappa shape index (κ3) is 2.35. The van der Waals surface area contributed by atoms with Gasteiger partial charge in [-0.15, -0.1) is 0 Å². The molecule has 1 aliphatic heterocycles. The SMILES string of the molecule is COc1ccccc1NC1=C(C(N)=O)S(=O)(=O)c2ccccc21. The van der Waals surface area contributed by atoms with Crippen LogP contribution in [-0.2, 0) is 14.6 Å². The third-order valence-corrected chi connectivity index (χ3v) is 5.41. The van der Waals surface area contributed by atoms with Crippen LogP contribution in [0.5, 0.6) is 5.75 Å². The molecule has 7 heteroatoms. The number of para-hydroxylation sites is 2. The number of amides is 1. The third-order valence-electron chi connectivity index (χ3n) is 3.53. The van der Waals surface area contributed by atoms with Crippen LogP contribution in [0.4, 0.5) is 5.69 Å². The second-order valence-corrected chi connectivity index (χ2v) is 6.75. The van der Waals surface area contributed by atoms with E-state index in [0.717, 1.165) is 0 Å². The van der Waals surface area contributed by atoms with Gasteiger partial charge in [0.25, 0.3) is 5.91 Å². The van der Waals surface area contributed by atoms with Crippen LogP contribution in [0.1, 0.15) is 5.56 Å². The van der Waals surface area contributed by atoms with Crippen LogP contribution in [0.25, 0.3) is 5.70 Å². The number of sulfone groups is 1. The molecule has 0 saturated carbocycles. The predicted molar refractivity (Wildman–Crippen MR) is 86.4 cm³/mol. The number of methoxy groups -OCH3 is 1. The van der Waals surface area contributed by atoms with Crippen molar-refractivity contribution in [3.8, 4) is 5.75 Å².